The van der Waals surface area contributed by atoms with Gasteiger partial charge in [0.25, 0.3) is 0 Å². The molecule has 0 heterocycles. The minimum atomic E-state index is -0.717. The Hall–Kier alpha value is 0.590. The van der Waals surface area contributed by atoms with Crippen molar-refractivity contribution in [2.24, 2.45) is 68.0 Å². The molecule has 0 unspecified atom stereocenters. The van der Waals surface area contributed by atoms with Crippen LogP contribution in [0, 0.1) is 68.0 Å². The fourth-order valence-corrected chi connectivity index (χ4v) is 16.4. The van der Waals surface area contributed by atoms with Crippen LogP contribution in [0.3, 0.4) is 0 Å². The van der Waals surface area contributed by atoms with Crippen molar-refractivity contribution in [1.82, 2.24) is 0 Å². The van der Waals surface area contributed by atoms with E-state index in [-0.39, 0.29) is 92.9 Å². The molecule has 0 saturated heterocycles. The molecule has 0 spiro atoms. The van der Waals surface area contributed by atoms with Crippen LogP contribution in [-0.4, -0.2) is 99.2 Å². The van der Waals surface area contributed by atoms with Crippen molar-refractivity contribution in [2.75, 3.05) is 24.7 Å². The van der Waals surface area contributed by atoms with E-state index >= 15 is 0 Å². The molecule has 4 bridgehead atoms. The average molecular weight is 1860 g/mol. The summed E-state index contributed by atoms with van der Waals surface area (Å²) < 4.78 is 17.1. The summed E-state index contributed by atoms with van der Waals surface area (Å²) in [6, 6.07) is 19.2. The van der Waals surface area contributed by atoms with E-state index in [0.29, 0.717) is 44.7 Å². The van der Waals surface area contributed by atoms with Gasteiger partial charge in [-0.15, -0.1) is 60.7 Å². The van der Waals surface area contributed by atoms with E-state index < -0.39 is 77.2 Å². The number of rotatable bonds is 13. The number of esters is 3. The molecule has 8 rings (SSSR count). The molecule has 0 aliphatic heterocycles. The average Bonchev–Trinajstić information content (AvgIpc) is 2.97. The van der Waals surface area contributed by atoms with Gasteiger partial charge in [-0.05, 0) is 122 Å². The van der Waals surface area contributed by atoms with Gasteiger partial charge in [0.05, 0.1) is 23.7 Å². The summed E-state index contributed by atoms with van der Waals surface area (Å²) in [4.78, 5) is 76.3. The topological polar surface area (TPSA) is 191 Å². The molecule has 6 aliphatic rings. The Morgan fingerprint density at radius 1 is 0.667 bits per heavy atom. The van der Waals surface area contributed by atoms with E-state index in [1.54, 1.807) is 12.2 Å². The molecular formula is C60H82ClI6O12S2-. The Labute approximate surface area is 565 Å². The fraction of sp³-hybridized carbons (Fsp3) is 0.633. The van der Waals surface area contributed by atoms with Gasteiger partial charge in [0.15, 0.2) is 6.61 Å². The molecule has 16 atom stereocenters. The number of thioether (sulfide) groups is 2. The van der Waals surface area contributed by atoms with Crippen molar-refractivity contribution in [3.05, 3.63) is 86.0 Å². The number of ketones is 2. The van der Waals surface area contributed by atoms with Gasteiger partial charge in [0.1, 0.15) is 30.4 Å². The standard InChI is InChI=1S/C30H40O6S.C22H34O5.C8H7ClOS.I3.I2.HI/c1-6-28(4)16-23(36-24(32)17-35-25(33)18-37-21-10-8-7-9-11-21)29(5)19(2)12-14-30(20(3)27(28)34)15-13-22(31)26(29)30;1-6-20(4)11-16(27-17(25)12-23)21(5)13(2)7-9-22(14(3)19(20)26)10-8-15(24)18(21)22;9-8(10)6-11-7-4-2-1-3-5-7;1-3-2;1-2;/h6-11,19-20,23,26-27,34H,1,12-18H2,2-5H3;6,13-14,16,18-19,23,26H,1,7-12H2,2-5H3;1-5H,6H2;;;1H/q;;;-1;;/t19-,20+,23-,26+,27+,28-,29+,30+;13-,14+,16-,18+,19+,20-,21+,22+;;;;/m11..../s1. The summed E-state index contributed by atoms with van der Waals surface area (Å²) >= 11 is 17.5. The number of Topliss-reactive ketones (excluding diaryl/α,β-unsaturated/α-hetero) is 2. The summed E-state index contributed by atoms with van der Waals surface area (Å²) in [7, 11) is 0. The summed E-state index contributed by atoms with van der Waals surface area (Å²) in [5, 5.41) is 31.9. The van der Waals surface area contributed by atoms with E-state index in [0.717, 1.165) is 48.3 Å². The van der Waals surface area contributed by atoms with Gasteiger partial charge in [-0.25, -0.2) is 9.59 Å². The van der Waals surface area contributed by atoms with Crippen molar-refractivity contribution < 1.29 is 71.6 Å². The maximum absolute atomic E-state index is 13.4. The molecule has 0 radical (unpaired) electrons. The third kappa shape index (κ3) is 17.3. The van der Waals surface area contributed by atoms with Gasteiger partial charge in [0.2, 0.25) is 5.24 Å². The van der Waals surface area contributed by atoms with E-state index in [2.05, 4.69) is 129 Å². The Kier molecular flexibility index (Phi) is 31.8. The van der Waals surface area contributed by atoms with E-state index in [9.17, 15) is 44.1 Å². The number of aliphatic hydroxyl groups excluding tert-OH is 3. The molecule has 6 saturated carbocycles. The molecule has 6 fully saturated rings. The molecule has 2 aromatic rings. The van der Waals surface area contributed by atoms with Gasteiger partial charge >= 0.3 is 68.4 Å². The summed E-state index contributed by atoms with van der Waals surface area (Å²) in [5.41, 5.74) is -3.04. The Balaban J connectivity index is 0.000000341. The first-order chi connectivity index (χ1) is 37.7. The van der Waals surface area contributed by atoms with E-state index in [1.165, 1.54) is 23.5 Å². The van der Waals surface area contributed by atoms with Crippen LogP contribution < -0.4 is 13.3 Å². The zero-order valence-corrected chi connectivity index (χ0v) is 63.0. The van der Waals surface area contributed by atoms with Gasteiger partial charge < -0.3 is 29.5 Å². The summed E-state index contributed by atoms with van der Waals surface area (Å²) in [6.45, 7) is 23.4. The third-order valence-electron chi connectivity index (χ3n) is 19.8. The molecule has 0 aromatic heterocycles. The summed E-state index contributed by atoms with van der Waals surface area (Å²) in [5.74, 6) is -1.23. The first-order valence-corrected chi connectivity index (χ1v) is 48.3. The van der Waals surface area contributed by atoms with Gasteiger partial charge in [-0.2, -0.15) is 0 Å². The van der Waals surface area contributed by atoms with Crippen LogP contribution in [-0.2, 0) is 43.0 Å². The Morgan fingerprint density at radius 2 is 1.04 bits per heavy atom. The smallest absolute Gasteiger partial charge is 0.231 e. The van der Waals surface area contributed by atoms with Crippen LogP contribution in [0.15, 0.2) is 95.8 Å². The molecule has 81 heavy (non-hydrogen) atoms. The normalized spacial score (nSPS) is 36.1. The largest absolute Gasteiger partial charge is 0.280 e. The van der Waals surface area contributed by atoms with Crippen LogP contribution in [0.5, 0.6) is 0 Å². The van der Waals surface area contributed by atoms with Crippen LogP contribution >= 0.6 is 134 Å². The number of benzene rings is 2. The molecule has 6 aliphatic carbocycles. The molecule has 0 amide bonds. The fourth-order valence-electron chi connectivity index (χ4n) is 14.9. The quantitative estimate of drug-likeness (QED) is 0.0429. The number of hydrogen-bond acceptors (Lipinski definition) is 14. The van der Waals surface area contributed by atoms with Crippen LogP contribution in [0.2, 0.25) is 0 Å². The molecule has 456 valence electrons. The number of carbonyl (C=O) groups excluding carboxylic acids is 6. The zero-order valence-electron chi connectivity index (χ0n) is 47.5. The SMILES string of the molecule is C=C[C@]1(C)C[C@@H](OC(=O)CO)[C@]2(C)[C@H](C)CC[C@]3(CCC(=O)[C@H]32)[C@@H](C)[C@@H]1O.C=C[C@]1(C)C[C@@H](OC(=O)COC(=O)CSc2ccccc2)[C@]2(C)[C@H](C)CC[C@]3(CCC(=O)[C@H]32)[C@@H](C)[C@@H]1O.I.II.I[I-]I.O=C(Cl)CSc1ccccc1. The minimum Gasteiger partial charge on any atom is -0.280 e. The van der Waals surface area contributed by atoms with Crippen LogP contribution in [0.25, 0.3) is 0 Å². The van der Waals surface area contributed by atoms with Gasteiger partial charge in [-0.1, -0.05) is 104 Å². The molecule has 12 nitrogen and oxygen atoms in total. The minimum absolute atomic E-state index is 0. The van der Waals surface area contributed by atoms with Crippen molar-refractivity contribution in [3.8, 4) is 0 Å². The number of ether oxygens (including phenoxy) is 3. The number of hydrogen-bond donors (Lipinski definition) is 3. The van der Waals surface area contributed by atoms with Crippen molar-refractivity contribution in [3.63, 3.8) is 0 Å². The van der Waals surface area contributed by atoms with Crippen molar-refractivity contribution in [2.45, 2.75) is 154 Å². The first-order valence-electron chi connectivity index (χ1n) is 27.1. The second kappa shape index (κ2) is 34.0. The number of carbonyl (C=O) groups is 6. The van der Waals surface area contributed by atoms with Gasteiger partial charge in [-0.3, -0.25) is 19.2 Å². The maximum Gasteiger partial charge on any atom is 0.231 e. The third-order valence-corrected chi connectivity index (χ3v) is 22.1. The Bertz CT molecular complexity index is 2450. The second-order valence-electron chi connectivity index (χ2n) is 23.6. The Morgan fingerprint density at radius 3 is 1.40 bits per heavy atom. The second-order valence-corrected chi connectivity index (χ2v) is 42.3. The van der Waals surface area contributed by atoms with E-state index in [4.69, 9.17) is 25.8 Å². The monoisotopic (exact) mass is 1850 g/mol. The molecule has 3 N–H and O–H groups in total. The molecular weight excluding hydrogens is 1770 g/mol. The molecule has 2 aromatic carbocycles. The van der Waals surface area contributed by atoms with Crippen LogP contribution in [0.1, 0.15) is 120 Å². The predicted octanol–water partition coefficient (Wildman–Crippen LogP) is 11.8. The van der Waals surface area contributed by atoms with Crippen LogP contribution in [0.4, 0.5) is 0 Å². The predicted molar refractivity (Wildman–Crippen MR) is 364 cm³/mol. The maximum atomic E-state index is 13.4. The number of halogens is 7. The van der Waals surface area contributed by atoms with Crippen molar-refractivity contribution in [1.29, 1.82) is 0 Å². The van der Waals surface area contributed by atoms with E-state index in [1.807, 2.05) is 74.5 Å². The first kappa shape index (κ1) is 75.8. The van der Waals surface area contributed by atoms with Gasteiger partial charge in [0, 0.05) is 93.4 Å². The zero-order chi connectivity index (χ0) is 60.0. The number of aliphatic hydroxyl groups is 3. The summed E-state index contributed by atoms with van der Waals surface area (Å²) in [6.07, 6.45) is 7.91. The van der Waals surface area contributed by atoms with Crippen molar-refractivity contribution >= 4 is 168 Å². The molecule has 21 heteroatoms.